The second-order valence-corrected chi connectivity index (χ2v) is 7.47. The zero-order valence-corrected chi connectivity index (χ0v) is 14.9. The predicted molar refractivity (Wildman–Crippen MR) is 95.7 cm³/mol. The SMILES string of the molecule is CC(CC(O)c1ccccc1)NC(=O)C1CCCN(C(=O)C2CC2)C1. The first-order valence-electron chi connectivity index (χ1n) is 9.36. The van der Waals surface area contributed by atoms with Crippen LogP contribution in [0, 0.1) is 11.8 Å². The van der Waals surface area contributed by atoms with E-state index in [-0.39, 0.29) is 29.7 Å². The van der Waals surface area contributed by atoms with E-state index in [0.717, 1.165) is 37.8 Å². The number of carbonyl (C=O) groups is 2. The van der Waals surface area contributed by atoms with E-state index in [2.05, 4.69) is 5.32 Å². The molecule has 1 aliphatic carbocycles. The van der Waals surface area contributed by atoms with Gasteiger partial charge in [0.1, 0.15) is 0 Å². The highest BCUT2D eigenvalue weighted by Gasteiger charge is 2.36. The van der Waals surface area contributed by atoms with Crippen LogP contribution in [0.1, 0.15) is 50.7 Å². The third kappa shape index (κ3) is 4.82. The largest absolute Gasteiger partial charge is 0.388 e. The van der Waals surface area contributed by atoms with Gasteiger partial charge in [0.05, 0.1) is 12.0 Å². The van der Waals surface area contributed by atoms with Crippen LogP contribution in [0.4, 0.5) is 0 Å². The standard InChI is InChI=1S/C20H28N2O3/c1-14(12-18(23)15-6-3-2-4-7-15)21-19(24)17-8-5-11-22(13-17)20(25)16-9-10-16/h2-4,6-7,14,16-18,23H,5,8-13H2,1H3,(H,21,24). The van der Waals surface area contributed by atoms with Gasteiger partial charge in [-0.05, 0) is 44.6 Å². The molecule has 2 amide bonds. The Hall–Kier alpha value is -1.88. The van der Waals surface area contributed by atoms with Crippen molar-refractivity contribution in [3.8, 4) is 0 Å². The molecule has 2 N–H and O–H groups in total. The third-order valence-electron chi connectivity index (χ3n) is 5.18. The Morgan fingerprint density at radius 3 is 2.60 bits per heavy atom. The maximum absolute atomic E-state index is 12.5. The third-order valence-corrected chi connectivity index (χ3v) is 5.18. The molecular weight excluding hydrogens is 316 g/mol. The lowest BCUT2D eigenvalue weighted by Crippen LogP contribution is -2.47. The van der Waals surface area contributed by atoms with Gasteiger partial charge >= 0.3 is 0 Å². The molecule has 0 aromatic heterocycles. The van der Waals surface area contributed by atoms with E-state index in [4.69, 9.17) is 0 Å². The van der Waals surface area contributed by atoms with Gasteiger partial charge < -0.3 is 15.3 Å². The van der Waals surface area contributed by atoms with Crippen molar-refractivity contribution in [2.75, 3.05) is 13.1 Å². The Kier molecular flexibility index (Phi) is 5.74. The second kappa shape index (κ2) is 8.00. The molecule has 3 rings (SSSR count). The van der Waals surface area contributed by atoms with Crippen LogP contribution in [0.2, 0.25) is 0 Å². The average Bonchev–Trinajstić information content (AvgIpc) is 3.47. The van der Waals surface area contributed by atoms with Crippen molar-refractivity contribution < 1.29 is 14.7 Å². The molecule has 5 heteroatoms. The molecule has 0 radical (unpaired) electrons. The maximum Gasteiger partial charge on any atom is 0.225 e. The number of hydrogen-bond acceptors (Lipinski definition) is 3. The molecule has 1 aromatic rings. The Morgan fingerprint density at radius 2 is 1.92 bits per heavy atom. The summed E-state index contributed by atoms with van der Waals surface area (Å²) >= 11 is 0. The smallest absolute Gasteiger partial charge is 0.225 e. The van der Waals surface area contributed by atoms with Gasteiger partial charge in [0.15, 0.2) is 0 Å². The number of amides is 2. The summed E-state index contributed by atoms with van der Waals surface area (Å²) < 4.78 is 0. The van der Waals surface area contributed by atoms with Crippen molar-refractivity contribution >= 4 is 11.8 Å². The molecular formula is C20H28N2O3. The average molecular weight is 344 g/mol. The van der Waals surface area contributed by atoms with E-state index in [0.29, 0.717) is 13.0 Å². The van der Waals surface area contributed by atoms with Crippen LogP contribution in [0.5, 0.6) is 0 Å². The monoisotopic (exact) mass is 344 g/mol. The molecule has 2 aliphatic rings. The van der Waals surface area contributed by atoms with Crippen LogP contribution in [-0.2, 0) is 9.59 Å². The molecule has 0 bridgehead atoms. The quantitative estimate of drug-likeness (QED) is 0.832. The maximum atomic E-state index is 12.5. The lowest BCUT2D eigenvalue weighted by atomic mass is 9.95. The fraction of sp³-hybridized carbons (Fsp3) is 0.600. The Morgan fingerprint density at radius 1 is 1.20 bits per heavy atom. The number of benzene rings is 1. The molecule has 3 atom stereocenters. The summed E-state index contributed by atoms with van der Waals surface area (Å²) in [6.07, 6.45) is 3.61. The van der Waals surface area contributed by atoms with Gasteiger partial charge in [0.2, 0.25) is 11.8 Å². The Balaban J connectivity index is 1.48. The number of carbonyl (C=O) groups excluding carboxylic acids is 2. The van der Waals surface area contributed by atoms with Crippen molar-refractivity contribution in [3.63, 3.8) is 0 Å². The summed E-state index contributed by atoms with van der Waals surface area (Å²) in [7, 11) is 0. The second-order valence-electron chi connectivity index (χ2n) is 7.47. The molecule has 136 valence electrons. The first-order chi connectivity index (χ1) is 12.0. The number of rotatable bonds is 6. The van der Waals surface area contributed by atoms with E-state index in [1.54, 1.807) is 0 Å². The van der Waals surface area contributed by atoms with Gasteiger partial charge in [0.25, 0.3) is 0 Å². The molecule has 3 unspecified atom stereocenters. The fourth-order valence-corrected chi connectivity index (χ4v) is 3.55. The van der Waals surface area contributed by atoms with Gasteiger partial charge in [-0.2, -0.15) is 0 Å². The van der Waals surface area contributed by atoms with Crippen molar-refractivity contribution in [2.45, 2.75) is 51.2 Å². The number of aliphatic hydroxyl groups excluding tert-OH is 1. The highest BCUT2D eigenvalue weighted by molar-refractivity contribution is 5.83. The Labute approximate surface area is 149 Å². The first kappa shape index (κ1) is 17.9. The van der Waals surface area contributed by atoms with Crippen molar-refractivity contribution in [1.82, 2.24) is 10.2 Å². The van der Waals surface area contributed by atoms with E-state index in [1.807, 2.05) is 42.2 Å². The minimum atomic E-state index is -0.587. The van der Waals surface area contributed by atoms with Gasteiger partial charge in [-0.1, -0.05) is 30.3 Å². The first-order valence-corrected chi connectivity index (χ1v) is 9.36. The van der Waals surface area contributed by atoms with Crippen LogP contribution >= 0.6 is 0 Å². The zero-order valence-electron chi connectivity index (χ0n) is 14.9. The highest BCUT2D eigenvalue weighted by atomic mass is 16.3. The highest BCUT2D eigenvalue weighted by Crippen LogP contribution is 2.32. The summed E-state index contributed by atoms with van der Waals surface area (Å²) in [5, 5.41) is 13.3. The van der Waals surface area contributed by atoms with E-state index < -0.39 is 6.10 Å². The number of aliphatic hydroxyl groups is 1. The number of hydrogen-bond donors (Lipinski definition) is 2. The van der Waals surface area contributed by atoms with Gasteiger partial charge in [0, 0.05) is 25.0 Å². The van der Waals surface area contributed by atoms with Crippen LogP contribution in [-0.4, -0.2) is 41.0 Å². The lowest BCUT2D eigenvalue weighted by Gasteiger charge is -2.33. The minimum absolute atomic E-state index is 0.000980. The summed E-state index contributed by atoms with van der Waals surface area (Å²) in [6.45, 7) is 3.23. The molecule has 1 saturated carbocycles. The summed E-state index contributed by atoms with van der Waals surface area (Å²) in [5.74, 6) is 0.306. The van der Waals surface area contributed by atoms with Crippen LogP contribution < -0.4 is 5.32 Å². The lowest BCUT2D eigenvalue weighted by molar-refractivity contribution is -0.137. The van der Waals surface area contributed by atoms with Gasteiger partial charge in [-0.25, -0.2) is 0 Å². The summed E-state index contributed by atoms with van der Waals surface area (Å²) in [4.78, 5) is 26.6. The number of piperidine rings is 1. The van der Waals surface area contributed by atoms with Gasteiger partial charge in [-0.3, -0.25) is 9.59 Å². The van der Waals surface area contributed by atoms with Crippen LogP contribution in [0.15, 0.2) is 30.3 Å². The molecule has 2 fully saturated rings. The molecule has 25 heavy (non-hydrogen) atoms. The predicted octanol–water partition coefficient (Wildman–Crippen LogP) is 2.26. The fourth-order valence-electron chi connectivity index (χ4n) is 3.55. The molecule has 1 aromatic carbocycles. The molecule has 1 saturated heterocycles. The zero-order chi connectivity index (χ0) is 17.8. The van der Waals surface area contributed by atoms with Crippen LogP contribution in [0.25, 0.3) is 0 Å². The van der Waals surface area contributed by atoms with Crippen molar-refractivity contribution in [2.24, 2.45) is 11.8 Å². The van der Waals surface area contributed by atoms with Crippen LogP contribution in [0.3, 0.4) is 0 Å². The molecule has 5 nitrogen and oxygen atoms in total. The number of nitrogens with zero attached hydrogens (tertiary/aromatic N) is 1. The molecule has 0 spiro atoms. The molecule has 1 heterocycles. The topological polar surface area (TPSA) is 69.6 Å². The van der Waals surface area contributed by atoms with Crippen molar-refractivity contribution in [3.05, 3.63) is 35.9 Å². The van der Waals surface area contributed by atoms with Gasteiger partial charge in [-0.15, -0.1) is 0 Å². The van der Waals surface area contributed by atoms with E-state index in [1.165, 1.54) is 0 Å². The summed E-state index contributed by atoms with van der Waals surface area (Å²) in [5.41, 5.74) is 0.863. The molecule has 1 aliphatic heterocycles. The van der Waals surface area contributed by atoms with E-state index in [9.17, 15) is 14.7 Å². The number of likely N-dealkylation sites (tertiary alicyclic amines) is 1. The number of nitrogens with one attached hydrogen (secondary N) is 1. The minimum Gasteiger partial charge on any atom is -0.388 e. The summed E-state index contributed by atoms with van der Waals surface area (Å²) in [6, 6.07) is 9.38. The normalized spacial score (nSPS) is 23.0. The van der Waals surface area contributed by atoms with E-state index >= 15 is 0 Å². The Bertz CT molecular complexity index is 600. The van der Waals surface area contributed by atoms with Crippen molar-refractivity contribution in [1.29, 1.82) is 0 Å².